The number of likely N-dealkylation sites (N-methyl/N-ethyl adjacent to an activating group) is 1. The summed E-state index contributed by atoms with van der Waals surface area (Å²) in [6.45, 7) is 1.15. The normalized spacial score (nSPS) is 12.0. The number of hydrogen-bond acceptors (Lipinski definition) is 5. The summed E-state index contributed by atoms with van der Waals surface area (Å²) in [6, 6.07) is 17.1. The summed E-state index contributed by atoms with van der Waals surface area (Å²) in [6.07, 6.45) is 0. The summed E-state index contributed by atoms with van der Waals surface area (Å²) >= 11 is 1.54. The van der Waals surface area contributed by atoms with E-state index in [2.05, 4.69) is 15.2 Å². The molecule has 1 heterocycles. The zero-order valence-electron chi connectivity index (χ0n) is 15.5. The summed E-state index contributed by atoms with van der Waals surface area (Å²) < 4.78 is 5.69. The molecule has 0 saturated heterocycles. The van der Waals surface area contributed by atoms with Crippen molar-refractivity contribution >= 4 is 17.2 Å². The maximum atomic E-state index is 12.7. The van der Waals surface area contributed by atoms with E-state index in [9.17, 15) is 4.79 Å². The molecule has 3 rings (SSSR count). The van der Waals surface area contributed by atoms with Crippen molar-refractivity contribution in [2.24, 2.45) is 0 Å². The molecule has 0 bridgehead atoms. The van der Waals surface area contributed by atoms with Crippen molar-refractivity contribution in [1.82, 2.24) is 15.2 Å². The number of ether oxygens (including phenoxy) is 1. The fourth-order valence-electron chi connectivity index (χ4n) is 2.70. The summed E-state index contributed by atoms with van der Waals surface area (Å²) in [4.78, 5) is 18.9. The summed E-state index contributed by atoms with van der Waals surface area (Å²) in [7, 11) is 3.99. The Morgan fingerprint density at radius 2 is 1.89 bits per heavy atom. The van der Waals surface area contributed by atoms with Crippen LogP contribution >= 0.6 is 11.3 Å². The van der Waals surface area contributed by atoms with E-state index in [-0.39, 0.29) is 11.9 Å². The van der Waals surface area contributed by atoms with E-state index in [1.54, 1.807) is 29.0 Å². The fourth-order valence-corrected chi connectivity index (χ4v) is 3.24. The lowest BCUT2D eigenvalue weighted by molar-refractivity contribution is 0.0930. The van der Waals surface area contributed by atoms with Crippen molar-refractivity contribution in [2.75, 3.05) is 20.6 Å². The largest absolute Gasteiger partial charge is 0.487 e. The van der Waals surface area contributed by atoms with Gasteiger partial charge in [-0.25, -0.2) is 4.98 Å². The van der Waals surface area contributed by atoms with Crippen LogP contribution in [0.5, 0.6) is 5.75 Å². The van der Waals surface area contributed by atoms with Gasteiger partial charge in [0.15, 0.2) is 0 Å². The van der Waals surface area contributed by atoms with E-state index in [0.717, 1.165) is 17.8 Å². The molecule has 1 N–H and O–H groups in total. The quantitative estimate of drug-likeness (QED) is 0.646. The van der Waals surface area contributed by atoms with Crippen LogP contribution in [-0.2, 0) is 6.61 Å². The number of amides is 1. The van der Waals surface area contributed by atoms with Crippen LogP contribution < -0.4 is 10.1 Å². The molecule has 0 aliphatic carbocycles. The fraction of sp³-hybridized carbons (Fsp3) is 0.238. The first-order chi connectivity index (χ1) is 13.1. The Hall–Kier alpha value is -2.70. The van der Waals surface area contributed by atoms with Gasteiger partial charge in [-0.1, -0.05) is 30.3 Å². The topological polar surface area (TPSA) is 54.5 Å². The number of thiazole rings is 1. The van der Waals surface area contributed by atoms with Crippen LogP contribution in [0.1, 0.15) is 27.7 Å². The minimum atomic E-state index is -0.100. The predicted octanol–water partition coefficient (Wildman–Crippen LogP) is 3.75. The van der Waals surface area contributed by atoms with Gasteiger partial charge in [-0.05, 0) is 43.9 Å². The first-order valence-corrected chi connectivity index (χ1v) is 9.66. The highest BCUT2D eigenvalue weighted by atomic mass is 32.1. The first-order valence-electron chi connectivity index (χ1n) is 8.72. The van der Waals surface area contributed by atoms with Crippen LogP contribution in [0.25, 0.3) is 0 Å². The monoisotopic (exact) mass is 381 g/mol. The van der Waals surface area contributed by atoms with E-state index in [0.29, 0.717) is 17.9 Å². The minimum Gasteiger partial charge on any atom is -0.487 e. The first kappa shape index (κ1) is 19.1. The highest BCUT2D eigenvalue weighted by molar-refractivity contribution is 7.07. The van der Waals surface area contributed by atoms with E-state index in [1.165, 1.54) is 0 Å². The van der Waals surface area contributed by atoms with Crippen LogP contribution in [0.2, 0.25) is 0 Å². The average Bonchev–Trinajstić information content (AvgIpc) is 3.20. The molecule has 0 saturated carbocycles. The zero-order chi connectivity index (χ0) is 19.1. The lowest BCUT2D eigenvalue weighted by atomic mass is 10.1. The molecule has 1 unspecified atom stereocenters. The minimum absolute atomic E-state index is 0.0747. The van der Waals surface area contributed by atoms with Gasteiger partial charge in [0, 0.05) is 17.5 Å². The standard InChI is InChI=1S/C21H23N3O2S/c1-24(2)12-20(16-6-4-3-5-7-16)23-21(25)17-8-10-19(11-9-17)26-13-18-14-27-15-22-18/h3-11,14-15,20H,12-13H2,1-2H3,(H,23,25). The molecule has 0 fully saturated rings. The third-order valence-corrected chi connectivity index (χ3v) is 4.68. The van der Waals surface area contributed by atoms with Gasteiger partial charge >= 0.3 is 0 Å². The van der Waals surface area contributed by atoms with Gasteiger partial charge < -0.3 is 15.0 Å². The van der Waals surface area contributed by atoms with E-state index in [4.69, 9.17) is 4.74 Å². The van der Waals surface area contributed by atoms with Gasteiger partial charge in [0.05, 0.1) is 17.2 Å². The van der Waals surface area contributed by atoms with Gasteiger partial charge in [-0.2, -0.15) is 0 Å². The Morgan fingerprint density at radius 3 is 2.52 bits per heavy atom. The van der Waals surface area contributed by atoms with Crippen LogP contribution in [0.4, 0.5) is 0 Å². The molecule has 1 aromatic heterocycles. The Kier molecular flexibility index (Phi) is 6.57. The molecule has 6 heteroatoms. The third kappa shape index (κ3) is 5.64. The number of rotatable bonds is 8. The van der Waals surface area contributed by atoms with Crippen molar-refractivity contribution in [1.29, 1.82) is 0 Å². The highest BCUT2D eigenvalue weighted by Crippen LogP contribution is 2.17. The van der Waals surface area contributed by atoms with Crippen molar-refractivity contribution in [3.63, 3.8) is 0 Å². The lowest BCUT2D eigenvalue weighted by Crippen LogP contribution is -2.35. The SMILES string of the molecule is CN(C)CC(NC(=O)c1ccc(OCc2cscn2)cc1)c1ccccc1. The molecule has 140 valence electrons. The third-order valence-electron chi connectivity index (χ3n) is 4.04. The second-order valence-electron chi connectivity index (χ2n) is 6.49. The van der Waals surface area contributed by atoms with E-state index >= 15 is 0 Å². The second kappa shape index (κ2) is 9.30. The molecule has 1 atom stereocenters. The summed E-state index contributed by atoms with van der Waals surface area (Å²) in [5.41, 5.74) is 4.37. The zero-order valence-corrected chi connectivity index (χ0v) is 16.3. The Labute approximate surface area is 163 Å². The Balaban J connectivity index is 1.63. The molecule has 5 nitrogen and oxygen atoms in total. The number of carbonyl (C=O) groups is 1. The number of hydrogen-bond donors (Lipinski definition) is 1. The van der Waals surface area contributed by atoms with Crippen LogP contribution in [-0.4, -0.2) is 36.4 Å². The molecule has 1 amide bonds. The van der Waals surface area contributed by atoms with Crippen molar-refractivity contribution < 1.29 is 9.53 Å². The number of nitrogens with one attached hydrogen (secondary N) is 1. The lowest BCUT2D eigenvalue weighted by Gasteiger charge is -2.23. The second-order valence-corrected chi connectivity index (χ2v) is 7.21. The molecular weight excluding hydrogens is 358 g/mol. The van der Waals surface area contributed by atoms with Gasteiger partial charge in [0.25, 0.3) is 5.91 Å². The van der Waals surface area contributed by atoms with E-state index in [1.807, 2.05) is 61.9 Å². The predicted molar refractivity (Wildman–Crippen MR) is 108 cm³/mol. The van der Waals surface area contributed by atoms with Crippen LogP contribution in [0.15, 0.2) is 65.5 Å². The summed E-state index contributed by atoms with van der Waals surface area (Å²) in [5.74, 6) is 0.615. The molecule has 0 spiro atoms. The Bertz CT molecular complexity index is 834. The molecular formula is C21H23N3O2S. The molecule has 0 aliphatic rings. The van der Waals surface area contributed by atoms with Gasteiger partial charge in [-0.15, -0.1) is 11.3 Å². The maximum absolute atomic E-state index is 12.7. The van der Waals surface area contributed by atoms with Crippen molar-refractivity contribution in [3.05, 3.63) is 82.3 Å². The smallest absolute Gasteiger partial charge is 0.251 e. The molecule has 0 radical (unpaired) electrons. The van der Waals surface area contributed by atoms with Gasteiger partial charge in [-0.3, -0.25) is 4.79 Å². The number of nitrogens with zero attached hydrogens (tertiary/aromatic N) is 2. The number of aromatic nitrogens is 1. The number of carbonyl (C=O) groups excluding carboxylic acids is 1. The number of benzene rings is 2. The molecule has 27 heavy (non-hydrogen) atoms. The summed E-state index contributed by atoms with van der Waals surface area (Å²) in [5, 5.41) is 5.08. The average molecular weight is 382 g/mol. The molecule has 2 aromatic carbocycles. The molecule has 0 aliphatic heterocycles. The van der Waals surface area contributed by atoms with Crippen molar-refractivity contribution in [2.45, 2.75) is 12.6 Å². The van der Waals surface area contributed by atoms with Gasteiger partial charge in [0.2, 0.25) is 0 Å². The maximum Gasteiger partial charge on any atom is 0.251 e. The van der Waals surface area contributed by atoms with E-state index < -0.39 is 0 Å². The molecule has 3 aromatic rings. The Morgan fingerprint density at radius 1 is 1.15 bits per heavy atom. The highest BCUT2D eigenvalue weighted by Gasteiger charge is 2.16. The van der Waals surface area contributed by atoms with Crippen LogP contribution in [0.3, 0.4) is 0 Å². The van der Waals surface area contributed by atoms with Gasteiger partial charge in [0.1, 0.15) is 12.4 Å². The van der Waals surface area contributed by atoms with Crippen molar-refractivity contribution in [3.8, 4) is 5.75 Å². The van der Waals surface area contributed by atoms with Crippen LogP contribution in [0, 0.1) is 0 Å².